The van der Waals surface area contributed by atoms with Gasteiger partial charge in [0.15, 0.2) is 0 Å². The molecule has 1 aliphatic rings. The van der Waals surface area contributed by atoms with Crippen LogP contribution in [0.2, 0.25) is 0 Å². The molecule has 0 heterocycles. The molecule has 2 unspecified atom stereocenters. The summed E-state index contributed by atoms with van der Waals surface area (Å²) in [6, 6.07) is 7.89. The number of benzene rings is 1. The molecule has 1 saturated carbocycles. The van der Waals surface area contributed by atoms with Crippen LogP contribution < -0.4 is 4.74 Å². The first-order chi connectivity index (χ1) is 5.81. The standard InChI is InChI=1S/C10H12O2/c1-12-8-4-2-7(3-5-8)9-6-10(9)11/h2-5,9-11H,6H2,1H3. The third kappa shape index (κ3) is 1.30. The Morgan fingerprint density at radius 2 is 1.92 bits per heavy atom. The average Bonchev–Trinajstić information content (AvgIpc) is 2.83. The number of ether oxygens (including phenoxy) is 1. The first-order valence-corrected chi connectivity index (χ1v) is 4.13. The van der Waals surface area contributed by atoms with Crippen molar-refractivity contribution in [1.82, 2.24) is 0 Å². The van der Waals surface area contributed by atoms with E-state index in [9.17, 15) is 5.11 Å². The molecule has 12 heavy (non-hydrogen) atoms. The van der Waals surface area contributed by atoms with Gasteiger partial charge in [-0.2, -0.15) is 0 Å². The number of hydrogen-bond donors (Lipinski definition) is 1. The maximum atomic E-state index is 9.18. The Morgan fingerprint density at radius 1 is 1.33 bits per heavy atom. The van der Waals surface area contributed by atoms with E-state index in [4.69, 9.17) is 4.74 Å². The summed E-state index contributed by atoms with van der Waals surface area (Å²) in [4.78, 5) is 0. The summed E-state index contributed by atoms with van der Waals surface area (Å²) in [5.74, 6) is 1.24. The van der Waals surface area contributed by atoms with Gasteiger partial charge in [-0.1, -0.05) is 12.1 Å². The van der Waals surface area contributed by atoms with Crippen LogP contribution in [-0.2, 0) is 0 Å². The molecule has 1 aromatic carbocycles. The van der Waals surface area contributed by atoms with Crippen LogP contribution in [0.3, 0.4) is 0 Å². The first kappa shape index (κ1) is 7.62. The summed E-state index contributed by atoms with van der Waals surface area (Å²) in [6.45, 7) is 0. The molecule has 0 radical (unpaired) electrons. The molecule has 2 heteroatoms. The monoisotopic (exact) mass is 164 g/mol. The molecular formula is C10H12O2. The fraction of sp³-hybridized carbons (Fsp3) is 0.400. The van der Waals surface area contributed by atoms with Gasteiger partial charge in [0.1, 0.15) is 5.75 Å². The zero-order valence-corrected chi connectivity index (χ0v) is 7.03. The minimum atomic E-state index is -0.113. The number of aliphatic hydroxyl groups excluding tert-OH is 1. The lowest BCUT2D eigenvalue weighted by Crippen LogP contribution is -1.87. The third-order valence-electron chi connectivity index (χ3n) is 2.30. The van der Waals surface area contributed by atoms with Crippen molar-refractivity contribution in [3.05, 3.63) is 29.8 Å². The van der Waals surface area contributed by atoms with E-state index in [-0.39, 0.29) is 6.10 Å². The van der Waals surface area contributed by atoms with Gasteiger partial charge in [-0.3, -0.25) is 0 Å². The zero-order valence-electron chi connectivity index (χ0n) is 7.03. The van der Waals surface area contributed by atoms with Crippen LogP contribution in [0.4, 0.5) is 0 Å². The van der Waals surface area contributed by atoms with Crippen molar-refractivity contribution in [3.8, 4) is 5.75 Å². The molecule has 0 aliphatic heterocycles. The Bertz CT molecular complexity index is 266. The van der Waals surface area contributed by atoms with Gasteiger partial charge in [0, 0.05) is 5.92 Å². The van der Waals surface area contributed by atoms with Gasteiger partial charge in [0.25, 0.3) is 0 Å². The minimum Gasteiger partial charge on any atom is -0.497 e. The summed E-state index contributed by atoms with van der Waals surface area (Å²) in [5, 5.41) is 9.18. The molecule has 64 valence electrons. The van der Waals surface area contributed by atoms with Crippen molar-refractivity contribution in [1.29, 1.82) is 0 Å². The molecule has 0 saturated heterocycles. The average molecular weight is 164 g/mol. The van der Waals surface area contributed by atoms with Crippen molar-refractivity contribution in [2.24, 2.45) is 0 Å². The molecule has 0 aromatic heterocycles. The van der Waals surface area contributed by atoms with Gasteiger partial charge in [-0.15, -0.1) is 0 Å². The molecule has 0 amide bonds. The molecule has 1 aromatic rings. The highest BCUT2D eigenvalue weighted by atomic mass is 16.5. The fourth-order valence-electron chi connectivity index (χ4n) is 1.39. The lowest BCUT2D eigenvalue weighted by atomic mass is 10.1. The van der Waals surface area contributed by atoms with Gasteiger partial charge in [0.2, 0.25) is 0 Å². The lowest BCUT2D eigenvalue weighted by Gasteiger charge is -2.00. The lowest BCUT2D eigenvalue weighted by molar-refractivity contribution is 0.271. The van der Waals surface area contributed by atoms with Crippen LogP contribution in [-0.4, -0.2) is 18.3 Å². The van der Waals surface area contributed by atoms with E-state index >= 15 is 0 Å². The number of hydrogen-bond acceptors (Lipinski definition) is 2. The second kappa shape index (κ2) is 2.79. The quantitative estimate of drug-likeness (QED) is 0.718. The summed E-state index contributed by atoms with van der Waals surface area (Å²) in [6.07, 6.45) is 0.796. The van der Waals surface area contributed by atoms with Crippen LogP contribution in [0.1, 0.15) is 17.9 Å². The molecule has 1 aliphatic carbocycles. The van der Waals surface area contributed by atoms with Gasteiger partial charge in [0.05, 0.1) is 13.2 Å². The van der Waals surface area contributed by atoms with Crippen molar-refractivity contribution in [2.45, 2.75) is 18.4 Å². The molecular weight excluding hydrogens is 152 g/mol. The van der Waals surface area contributed by atoms with Crippen molar-refractivity contribution in [2.75, 3.05) is 7.11 Å². The number of rotatable bonds is 2. The normalized spacial score (nSPS) is 26.8. The molecule has 1 fully saturated rings. The maximum absolute atomic E-state index is 9.18. The van der Waals surface area contributed by atoms with Crippen LogP contribution in [0.25, 0.3) is 0 Å². The summed E-state index contributed by atoms with van der Waals surface area (Å²) >= 11 is 0. The second-order valence-corrected chi connectivity index (χ2v) is 3.18. The smallest absolute Gasteiger partial charge is 0.118 e. The van der Waals surface area contributed by atoms with E-state index in [0.717, 1.165) is 12.2 Å². The minimum absolute atomic E-state index is 0.113. The Labute approximate surface area is 71.8 Å². The predicted octanol–water partition coefficient (Wildman–Crippen LogP) is 1.54. The van der Waals surface area contributed by atoms with Crippen LogP contribution >= 0.6 is 0 Å². The Hall–Kier alpha value is -1.02. The third-order valence-corrected chi connectivity index (χ3v) is 2.30. The van der Waals surface area contributed by atoms with Gasteiger partial charge in [-0.05, 0) is 24.1 Å². The van der Waals surface area contributed by atoms with Crippen molar-refractivity contribution in [3.63, 3.8) is 0 Å². The van der Waals surface area contributed by atoms with Gasteiger partial charge in [-0.25, -0.2) is 0 Å². The summed E-state index contributed by atoms with van der Waals surface area (Å²) in [7, 11) is 1.65. The highest BCUT2D eigenvalue weighted by Crippen LogP contribution is 2.40. The van der Waals surface area contributed by atoms with Crippen LogP contribution in [0, 0.1) is 0 Å². The Morgan fingerprint density at radius 3 is 2.33 bits per heavy atom. The predicted molar refractivity (Wildman–Crippen MR) is 46.4 cm³/mol. The van der Waals surface area contributed by atoms with Crippen LogP contribution in [0.5, 0.6) is 5.75 Å². The molecule has 0 bridgehead atoms. The van der Waals surface area contributed by atoms with Crippen LogP contribution in [0.15, 0.2) is 24.3 Å². The molecule has 2 atom stereocenters. The van der Waals surface area contributed by atoms with Crippen molar-refractivity contribution >= 4 is 0 Å². The van der Waals surface area contributed by atoms with Gasteiger partial charge >= 0.3 is 0 Å². The zero-order chi connectivity index (χ0) is 8.55. The highest BCUT2D eigenvalue weighted by molar-refractivity contribution is 5.32. The van der Waals surface area contributed by atoms with E-state index < -0.39 is 0 Å². The van der Waals surface area contributed by atoms with E-state index in [0.29, 0.717) is 5.92 Å². The molecule has 2 rings (SSSR count). The van der Waals surface area contributed by atoms with E-state index in [2.05, 4.69) is 0 Å². The summed E-state index contributed by atoms with van der Waals surface area (Å²) < 4.78 is 5.03. The number of methoxy groups -OCH3 is 1. The van der Waals surface area contributed by atoms with E-state index in [1.54, 1.807) is 7.11 Å². The molecule has 2 nitrogen and oxygen atoms in total. The fourth-order valence-corrected chi connectivity index (χ4v) is 1.39. The summed E-state index contributed by atoms with van der Waals surface area (Å²) in [5.41, 5.74) is 1.21. The van der Waals surface area contributed by atoms with E-state index in [1.807, 2.05) is 24.3 Å². The highest BCUT2D eigenvalue weighted by Gasteiger charge is 2.36. The Kier molecular flexibility index (Phi) is 1.77. The first-order valence-electron chi connectivity index (χ1n) is 4.13. The topological polar surface area (TPSA) is 29.5 Å². The SMILES string of the molecule is COc1ccc(C2CC2O)cc1. The maximum Gasteiger partial charge on any atom is 0.118 e. The second-order valence-electron chi connectivity index (χ2n) is 3.18. The van der Waals surface area contributed by atoms with Gasteiger partial charge < -0.3 is 9.84 Å². The van der Waals surface area contributed by atoms with E-state index in [1.165, 1.54) is 5.56 Å². The Balaban J connectivity index is 2.14. The molecule has 0 spiro atoms. The van der Waals surface area contributed by atoms with Crippen molar-refractivity contribution < 1.29 is 9.84 Å². The largest absolute Gasteiger partial charge is 0.497 e. The molecule has 1 N–H and O–H groups in total. The number of aliphatic hydroxyl groups is 1.